The maximum Gasteiger partial charge on any atom is 0.328 e. The lowest BCUT2D eigenvalue weighted by Crippen LogP contribution is -2.49. The van der Waals surface area contributed by atoms with E-state index in [1.54, 1.807) is 11.8 Å². The van der Waals surface area contributed by atoms with E-state index < -0.39 is 12.1 Å². The van der Waals surface area contributed by atoms with E-state index in [1.165, 1.54) is 0 Å². The van der Waals surface area contributed by atoms with E-state index in [-0.39, 0.29) is 11.9 Å². The van der Waals surface area contributed by atoms with Crippen LogP contribution < -0.4 is 10.6 Å². The Kier molecular flexibility index (Phi) is 9.35. The summed E-state index contributed by atoms with van der Waals surface area (Å²) in [5.41, 5.74) is 8.17. The topological polar surface area (TPSA) is 75.9 Å². The van der Waals surface area contributed by atoms with Crippen molar-refractivity contribution in [3.05, 3.63) is 29.8 Å². The molecule has 0 bridgehead atoms. The van der Waals surface area contributed by atoms with Crippen LogP contribution in [0, 0.1) is 0 Å². The van der Waals surface area contributed by atoms with Crippen LogP contribution in [0.2, 0.25) is 0 Å². The molecule has 28 heavy (non-hydrogen) atoms. The molecule has 1 heterocycles. The number of alkyl halides is 2. The molecular formula is C20H29Cl2N3O3. The molecule has 0 unspecified atom stereocenters. The Morgan fingerprint density at radius 2 is 2.04 bits per heavy atom. The third-order valence-corrected chi connectivity index (χ3v) is 5.19. The fraction of sp³-hybridized carbons (Fsp3) is 0.600. The first-order chi connectivity index (χ1) is 13.5. The van der Waals surface area contributed by atoms with Gasteiger partial charge < -0.3 is 20.3 Å². The first kappa shape index (κ1) is 22.8. The van der Waals surface area contributed by atoms with Crippen LogP contribution in [-0.4, -0.2) is 66.9 Å². The summed E-state index contributed by atoms with van der Waals surface area (Å²) in [6, 6.07) is 6.66. The van der Waals surface area contributed by atoms with Crippen molar-refractivity contribution in [3.63, 3.8) is 0 Å². The average molecular weight is 430 g/mol. The van der Waals surface area contributed by atoms with Crippen LogP contribution in [0.3, 0.4) is 0 Å². The van der Waals surface area contributed by atoms with E-state index in [9.17, 15) is 9.59 Å². The number of hydrogen-bond acceptors (Lipinski definition) is 5. The molecule has 6 nitrogen and oxygen atoms in total. The monoisotopic (exact) mass is 429 g/mol. The van der Waals surface area contributed by atoms with Crippen LogP contribution in [-0.2, 0) is 20.7 Å². The molecule has 0 aromatic heterocycles. The first-order valence-corrected chi connectivity index (χ1v) is 10.8. The second kappa shape index (κ2) is 11.5. The Hall–Kier alpha value is -1.50. The lowest BCUT2D eigenvalue weighted by atomic mass is 10.0. The number of rotatable bonds is 10. The van der Waals surface area contributed by atoms with Crippen molar-refractivity contribution in [2.75, 3.05) is 42.9 Å². The Morgan fingerprint density at radius 1 is 1.32 bits per heavy atom. The Balaban J connectivity index is 2.05. The van der Waals surface area contributed by atoms with Gasteiger partial charge in [0, 0.05) is 37.1 Å². The molecule has 2 N–H and O–H groups in total. The molecule has 156 valence electrons. The van der Waals surface area contributed by atoms with Crippen LogP contribution in [0.25, 0.3) is 0 Å². The van der Waals surface area contributed by atoms with Gasteiger partial charge in [-0.3, -0.25) is 4.79 Å². The van der Waals surface area contributed by atoms with Gasteiger partial charge in [-0.2, -0.15) is 0 Å². The maximum absolute atomic E-state index is 12.8. The molecular weight excluding hydrogens is 401 g/mol. The number of likely N-dealkylation sites (tertiary alicyclic amines) is 1. The van der Waals surface area contributed by atoms with Crippen LogP contribution >= 0.6 is 23.2 Å². The fourth-order valence-corrected chi connectivity index (χ4v) is 3.93. The molecule has 0 aliphatic carbocycles. The summed E-state index contributed by atoms with van der Waals surface area (Å²) in [6.07, 6.45) is 1.80. The SMILES string of the molecule is CCOC(=O)[C@@H]1CCCN1C(=O)[C@H](N)Cc1cccc(N(CCCl)CCCl)c1. The standard InChI is InChI=1S/C20H29Cl2N3O3/c1-2-28-20(27)18-7-4-10-25(18)19(26)17(23)14-15-5-3-6-16(13-15)24(11-8-21)12-9-22/h3,5-6,13,17-18H,2,4,7-12,14,23H2,1H3/t17-,18+/m1/s1. The Labute approximate surface area is 176 Å². The van der Waals surface area contributed by atoms with Crippen molar-refractivity contribution in [3.8, 4) is 0 Å². The van der Waals surface area contributed by atoms with Gasteiger partial charge in [-0.25, -0.2) is 4.79 Å². The zero-order valence-corrected chi connectivity index (χ0v) is 17.8. The smallest absolute Gasteiger partial charge is 0.328 e. The number of benzene rings is 1. The number of esters is 1. The van der Waals surface area contributed by atoms with Crippen molar-refractivity contribution in [2.45, 2.75) is 38.3 Å². The second-order valence-electron chi connectivity index (χ2n) is 6.79. The predicted octanol–water partition coefficient (Wildman–Crippen LogP) is 2.39. The lowest BCUT2D eigenvalue weighted by molar-refractivity contribution is -0.153. The quantitative estimate of drug-likeness (QED) is 0.456. The normalized spacial score (nSPS) is 17.4. The van der Waals surface area contributed by atoms with Gasteiger partial charge in [0.25, 0.3) is 0 Å². The Morgan fingerprint density at radius 3 is 2.68 bits per heavy atom. The number of ether oxygens (including phenoxy) is 1. The summed E-state index contributed by atoms with van der Waals surface area (Å²) in [7, 11) is 0. The highest BCUT2D eigenvalue weighted by Gasteiger charge is 2.37. The molecule has 8 heteroatoms. The van der Waals surface area contributed by atoms with Crippen molar-refractivity contribution in [2.24, 2.45) is 5.73 Å². The third-order valence-electron chi connectivity index (χ3n) is 4.85. The van der Waals surface area contributed by atoms with E-state index >= 15 is 0 Å². The van der Waals surface area contributed by atoms with E-state index in [4.69, 9.17) is 33.7 Å². The molecule has 0 saturated carbocycles. The maximum atomic E-state index is 12.8. The Bertz CT molecular complexity index is 653. The number of nitrogens with zero attached hydrogens (tertiary/aromatic N) is 2. The second-order valence-corrected chi connectivity index (χ2v) is 7.54. The minimum absolute atomic E-state index is 0.209. The number of carbonyl (C=O) groups is 2. The highest BCUT2D eigenvalue weighted by Crippen LogP contribution is 2.21. The van der Waals surface area contributed by atoms with E-state index in [0.29, 0.717) is 50.8 Å². The number of anilines is 1. The van der Waals surface area contributed by atoms with Gasteiger partial charge >= 0.3 is 5.97 Å². The van der Waals surface area contributed by atoms with Crippen LogP contribution in [0.15, 0.2) is 24.3 Å². The number of amides is 1. The van der Waals surface area contributed by atoms with Gasteiger partial charge in [-0.15, -0.1) is 23.2 Å². The summed E-state index contributed by atoms with van der Waals surface area (Å²) in [6.45, 7) is 3.98. The number of carbonyl (C=O) groups excluding carboxylic acids is 2. The van der Waals surface area contributed by atoms with E-state index in [2.05, 4.69) is 4.90 Å². The molecule has 2 atom stereocenters. The minimum Gasteiger partial charge on any atom is -0.464 e. The molecule has 1 amide bonds. The number of nitrogens with two attached hydrogens (primary N) is 1. The fourth-order valence-electron chi connectivity index (χ4n) is 3.52. The van der Waals surface area contributed by atoms with Gasteiger partial charge in [0.2, 0.25) is 5.91 Å². The van der Waals surface area contributed by atoms with E-state index in [1.807, 2.05) is 24.3 Å². The van der Waals surface area contributed by atoms with Crippen LogP contribution in [0.5, 0.6) is 0 Å². The van der Waals surface area contributed by atoms with Crippen LogP contribution in [0.1, 0.15) is 25.3 Å². The van der Waals surface area contributed by atoms with Crippen molar-refractivity contribution < 1.29 is 14.3 Å². The summed E-state index contributed by atoms with van der Waals surface area (Å²) in [4.78, 5) is 28.6. The van der Waals surface area contributed by atoms with Gasteiger partial charge in [-0.05, 0) is 43.9 Å². The van der Waals surface area contributed by atoms with Crippen molar-refractivity contribution in [1.82, 2.24) is 4.90 Å². The predicted molar refractivity (Wildman–Crippen MR) is 113 cm³/mol. The van der Waals surface area contributed by atoms with Gasteiger partial charge in [0.15, 0.2) is 0 Å². The van der Waals surface area contributed by atoms with Gasteiger partial charge in [0.05, 0.1) is 12.6 Å². The zero-order valence-electron chi connectivity index (χ0n) is 16.3. The highest BCUT2D eigenvalue weighted by molar-refractivity contribution is 6.18. The molecule has 0 radical (unpaired) electrons. The largest absolute Gasteiger partial charge is 0.464 e. The summed E-state index contributed by atoms with van der Waals surface area (Å²) in [5.74, 6) is 0.451. The summed E-state index contributed by atoms with van der Waals surface area (Å²) < 4.78 is 5.09. The van der Waals surface area contributed by atoms with Crippen molar-refractivity contribution >= 4 is 40.8 Å². The van der Waals surface area contributed by atoms with E-state index in [0.717, 1.165) is 17.7 Å². The average Bonchev–Trinajstić information content (AvgIpc) is 3.17. The van der Waals surface area contributed by atoms with Crippen LogP contribution in [0.4, 0.5) is 5.69 Å². The molecule has 2 rings (SSSR count). The molecule has 1 aliphatic rings. The summed E-state index contributed by atoms with van der Waals surface area (Å²) in [5, 5.41) is 0. The highest BCUT2D eigenvalue weighted by atomic mass is 35.5. The molecule has 0 spiro atoms. The van der Waals surface area contributed by atoms with Gasteiger partial charge in [-0.1, -0.05) is 12.1 Å². The molecule has 1 fully saturated rings. The summed E-state index contributed by atoms with van der Waals surface area (Å²) >= 11 is 11.8. The zero-order chi connectivity index (χ0) is 20.5. The molecule has 1 aromatic rings. The number of hydrogen-bond donors (Lipinski definition) is 1. The lowest BCUT2D eigenvalue weighted by Gasteiger charge is -2.26. The third kappa shape index (κ3) is 6.00. The molecule has 1 saturated heterocycles. The molecule has 1 aliphatic heterocycles. The molecule has 1 aromatic carbocycles. The first-order valence-electron chi connectivity index (χ1n) is 9.70. The van der Waals surface area contributed by atoms with Gasteiger partial charge in [0.1, 0.15) is 6.04 Å². The van der Waals surface area contributed by atoms with Crippen molar-refractivity contribution in [1.29, 1.82) is 0 Å². The minimum atomic E-state index is -0.709. The number of halogens is 2.